The lowest BCUT2D eigenvalue weighted by Gasteiger charge is -2.03. The van der Waals surface area contributed by atoms with Gasteiger partial charge in [0, 0.05) is 5.92 Å². The van der Waals surface area contributed by atoms with Gasteiger partial charge in [0.25, 0.3) is 0 Å². The molecule has 0 atom stereocenters. The van der Waals surface area contributed by atoms with E-state index in [1.54, 1.807) is 4.68 Å². The molecule has 22 heavy (non-hydrogen) atoms. The zero-order chi connectivity index (χ0) is 15.5. The minimum absolute atomic E-state index is 0.226. The summed E-state index contributed by atoms with van der Waals surface area (Å²) in [6.45, 7) is 6.08. The third kappa shape index (κ3) is 3.16. The smallest absolute Gasteiger partial charge is 0.226 e. The predicted octanol–water partition coefficient (Wildman–Crippen LogP) is 2.77. The highest BCUT2D eigenvalue weighted by Crippen LogP contribution is 2.23. The largest absolute Gasteiger partial charge is 0.424 e. The molecular weight excluding hydrogens is 300 g/mol. The number of hydrogen-bond acceptors (Lipinski definition) is 7. The molecule has 0 aliphatic rings. The highest BCUT2D eigenvalue weighted by molar-refractivity contribution is 7.98. The highest BCUT2D eigenvalue weighted by atomic mass is 32.2. The van der Waals surface area contributed by atoms with E-state index in [0.29, 0.717) is 22.7 Å². The van der Waals surface area contributed by atoms with Gasteiger partial charge in [0.15, 0.2) is 0 Å². The van der Waals surface area contributed by atoms with E-state index in [1.807, 2.05) is 45.0 Å². The summed E-state index contributed by atoms with van der Waals surface area (Å²) in [4.78, 5) is 0. The van der Waals surface area contributed by atoms with Crippen LogP contribution < -0.4 is 0 Å². The number of thioether (sulfide) groups is 1. The van der Waals surface area contributed by atoms with E-state index in [1.165, 1.54) is 17.3 Å². The Morgan fingerprint density at radius 1 is 1.14 bits per heavy atom. The third-order valence-electron chi connectivity index (χ3n) is 3.02. The SMILES string of the molecule is Cc1ccc(-n2nnnc2SCc2nnc(C(C)C)o2)cc1. The lowest BCUT2D eigenvalue weighted by Crippen LogP contribution is -1.99. The maximum absolute atomic E-state index is 5.58. The van der Waals surface area contributed by atoms with Gasteiger partial charge in [0.2, 0.25) is 16.9 Å². The van der Waals surface area contributed by atoms with Gasteiger partial charge in [-0.1, -0.05) is 43.3 Å². The first-order valence-corrected chi connectivity index (χ1v) is 7.92. The molecule has 0 saturated carbocycles. The van der Waals surface area contributed by atoms with Gasteiger partial charge in [0.1, 0.15) is 0 Å². The second-order valence-electron chi connectivity index (χ2n) is 5.19. The van der Waals surface area contributed by atoms with Crippen molar-refractivity contribution in [2.75, 3.05) is 0 Å². The molecule has 0 aliphatic heterocycles. The summed E-state index contributed by atoms with van der Waals surface area (Å²) in [5.41, 5.74) is 2.12. The number of aryl methyl sites for hydroxylation is 1. The Labute approximate surface area is 132 Å². The second kappa shape index (κ2) is 6.27. The fourth-order valence-corrected chi connectivity index (χ4v) is 2.53. The van der Waals surface area contributed by atoms with Crippen molar-refractivity contribution in [2.45, 2.75) is 37.6 Å². The molecule has 0 fully saturated rings. The normalized spacial score (nSPS) is 11.3. The highest BCUT2D eigenvalue weighted by Gasteiger charge is 2.13. The fourth-order valence-electron chi connectivity index (χ4n) is 1.80. The van der Waals surface area contributed by atoms with Crippen LogP contribution in [0.2, 0.25) is 0 Å². The van der Waals surface area contributed by atoms with Crippen LogP contribution in [0.25, 0.3) is 5.69 Å². The maximum atomic E-state index is 5.58. The molecule has 8 heteroatoms. The second-order valence-corrected chi connectivity index (χ2v) is 6.13. The topological polar surface area (TPSA) is 82.5 Å². The molecule has 2 heterocycles. The Morgan fingerprint density at radius 2 is 1.91 bits per heavy atom. The predicted molar refractivity (Wildman–Crippen MR) is 81.8 cm³/mol. The molecular formula is C14H16N6OS. The van der Waals surface area contributed by atoms with E-state index < -0.39 is 0 Å². The molecule has 0 unspecified atom stereocenters. The molecule has 114 valence electrons. The van der Waals surface area contributed by atoms with Crippen molar-refractivity contribution in [2.24, 2.45) is 0 Å². The van der Waals surface area contributed by atoms with Crippen LogP contribution in [0.15, 0.2) is 33.8 Å². The summed E-state index contributed by atoms with van der Waals surface area (Å²) in [5.74, 6) is 1.98. The molecule has 0 N–H and O–H groups in total. The van der Waals surface area contributed by atoms with Crippen LogP contribution in [0.3, 0.4) is 0 Å². The van der Waals surface area contributed by atoms with Gasteiger partial charge in [0.05, 0.1) is 11.4 Å². The summed E-state index contributed by atoms with van der Waals surface area (Å²) in [6.07, 6.45) is 0. The molecule has 0 saturated heterocycles. The van der Waals surface area contributed by atoms with Crippen molar-refractivity contribution in [1.29, 1.82) is 0 Å². The Bertz CT molecular complexity index is 749. The molecule has 0 bridgehead atoms. The standard InChI is InChI=1S/C14H16N6OS/c1-9(2)13-16-15-12(21-13)8-22-14-17-18-19-20(14)11-6-4-10(3)5-7-11/h4-7,9H,8H2,1-3H3. The molecule has 0 radical (unpaired) electrons. The average Bonchev–Trinajstić information content (AvgIpc) is 3.15. The van der Waals surface area contributed by atoms with E-state index in [0.717, 1.165) is 5.69 Å². The molecule has 3 aromatic rings. The molecule has 0 amide bonds. The first-order valence-electron chi connectivity index (χ1n) is 6.94. The fraction of sp³-hybridized carbons (Fsp3) is 0.357. The van der Waals surface area contributed by atoms with Crippen molar-refractivity contribution >= 4 is 11.8 Å². The Kier molecular flexibility index (Phi) is 4.19. The minimum atomic E-state index is 0.226. The van der Waals surface area contributed by atoms with E-state index in [4.69, 9.17) is 4.42 Å². The Morgan fingerprint density at radius 3 is 2.59 bits per heavy atom. The van der Waals surface area contributed by atoms with Crippen molar-refractivity contribution < 1.29 is 4.42 Å². The van der Waals surface area contributed by atoms with Crippen LogP contribution in [0.5, 0.6) is 0 Å². The number of aromatic nitrogens is 6. The van der Waals surface area contributed by atoms with Gasteiger partial charge in [-0.05, 0) is 29.5 Å². The molecule has 3 rings (SSSR count). The number of nitrogens with zero attached hydrogens (tertiary/aromatic N) is 6. The number of benzene rings is 1. The zero-order valence-corrected chi connectivity index (χ0v) is 13.4. The minimum Gasteiger partial charge on any atom is -0.424 e. The third-order valence-corrected chi connectivity index (χ3v) is 3.92. The van der Waals surface area contributed by atoms with Gasteiger partial charge < -0.3 is 4.42 Å². The first kappa shape index (κ1) is 14.7. The number of hydrogen-bond donors (Lipinski definition) is 0. The van der Waals surface area contributed by atoms with Crippen LogP contribution in [-0.4, -0.2) is 30.4 Å². The quantitative estimate of drug-likeness (QED) is 0.669. The van der Waals surface area contributed by atoms with E-state index in [2.05, 4.69) is 25.7 Å². The van der Waals surface area contributed by atoms with Crippen molar-refractivity contribution in [3.05, 3.63) is 41.6 Å². The van der Waals surface area contributed by atoms with E-state index in [9.17, 15) is 0 Å². The van der Waals surface area contributed by atoms with Crippen LogP contribution in [0.1, 0.15) is 37.1 Å². The first-order chi connectivity index (χ1) is 10.6. The van der Waals surface area contributed by atoms with Crippen molar-refractivity contribution in [3.63, 3.8) is 0 Å². The summed E-state index contributed by atoms with van der Waals surface area (Å²) in [6, 6.07) is 8.02. The van der Waals surface area contributed by atoms with Crippen LogP contribution in [0.4, 0.5) is 0 Å². The maximum Gasteiger partial charge on any atom is 0.226 e. The summed E-state index contributed by atoms with van der Waals surface area (Å²) < 4.78 is 7.28. The zero-order valence-electron chi connectivity index (χ0n) is 12.6. The molecule has 0 spiro atoms. The van der Waals surface area contributed by atoms with Gasteiger partial charge in [-0.2, -0.15) is 4.68 Å². The Hall–Kier alpha value is -2.22. The lowest BCUT2D eigenvalue weighted by molar-refractivity contribution is 0.445. The molecule has 0 aliphatic carbocycles. The molecule has 2 aromatic heterocycles. The van der Waals surface area contributed by atoms with Crippen LogP contribution in [-0.2, 0) is 5.75 Å². The Balaban J connectivity index is 1.73. The van der Waals surface area contributed by atoms with Crippen molar-refractivity contribution in [1.82, 2.24) is 30.4 Å². The number of rotatable bonds is 5. The summed E-state index contributed by atoms with van der Waals surface area (Å²) >= 11 is 1.46. The molecule has 1 aromatic carbocycles. The van der Waals surface area contributed by atoms with Gasteiger partial charge in [-0.3, -0.25) is 0 Å². The van der Waals surface area contributed by atoms with Gasteiger partial charge >= 0.3 is 0 Å². The van der Waals surface area contributed by atoms with Gasteiger partial charge in [-0.15, -0.1) is 15.3 Å². The van der Waals surface area contributed by atoms with Gasteiger partial charge in [-0.25, -0.2) is 0 Å². The monoisotopic (exact) mass is 316 g/mol. The van der Waals surface area contributed by atoms with Crippen LogP contribution in [0, 0.1) is 6.92 Å². The van der Waals surface area contributed by atoms with Crippen LogP contribution >= 0.6 is 11.8 Å². The van der Waals surface area contributed by atoms with E-state index in [-0.39, 0.29) is 5.92 Å². The molecule has 7 nitrogen and oxygen atoms in total. The van der Waals surface area contributed by atoms with Crippen molar-refractivity contribution in [3.8, 4) is 5.69 Å². The summed E-state index contributed by atoms with van der Waals surface area (Å²) in [7, 11) is 0. The average molecular weight is 316 g/mol. The lowest BCUT2D eigenvalue weighted by atomic mass is 10.2. The number of tetrazole rings is 1. The summed E-state index contributed by atoms with van der Waals surface area (Å²) in [5, 5.41) is 20.6. The van der Waals surface area contributed by atoms with E-state index >= 15 is 0 Å².